The van der Waals surface area contributed by atoms with Crippen molar-refractivity contribution < 1.29 is 0 Å². The topological polar surface area (TPSA) is 29.3 Å². The van der Waals surface area contributed by atoms with Crippen LogP contribution in [-0.4, -0.2) is 29.6 Å². The lowest BCUT2D eigenvalue weighted by Crippen LogP contribution is -2.64. The summed E-state index contributed by atoms with van der Waals surface area (Å²) >= 11 is 0. The predicted octanol–water partition coefficient (Wildman–Crippen LogP) is 3.26. The lowest BCUT2D eigenvalue weighted by atomic mass is 9.67. The van der Waals surface area contributed by atoms with Gasteiger partial charge in [0.05, 0.1) is 0 Å². The molecule has 2 nitrogen and oxygen atoms in total. The molecule has 0 aromatic heterocycles. The Bertz CT molecular complexity index is 215. The van der Waals surface area contributed by atoms with Crippen LogP contribution in [0.3, 0.4) is 0 Å². The highest BCUT2D eigenvalue weighted by molar-refractivity contribution is 5.03. The zero-order valence-corrected chi connectivity index (χ0v) is 12.5. The number of nitrogens with two attached hydrogens (primary N) is 1. The van der Waals surface area contributed by atoms with E-state index < -0.39 is 0 Å². The van der Waals surface area contributed by atoms with E-state index in [4.69, 9.17) is 5.73 Å². The maximum Gasteiger partial charge on any atom is 0.0339 e. The molecule has 1 aliphatic carbocycles. The molecule has 0 heterocycles. The molecule has 0 atom stereocenters. The first-order valence-corrected chi connectivity index (χ1v) is 7.45. The molecule has 102 valence electrons. The highest BCUT2D eigenvalue weighted by Gasteiger charge is 2.47. The standard InChI is InChI=1S/C15H32N2/c1-6-14(7-2)17(10-12(3)4)15(11-16)8-13(5)9-15/h12-14H,6-11,16H2,1-5H3. The Balaban J connectivity index is 2.80. The van der Waals surface area contributed by atoms with Crippen molar-refractivity contribution in [1.82, 2.24) is 4.90 Å². The van der Waals surface area contributed by atoms with Crippen molar-refractivity contribution in [3.8, 4) is 0 Å². The first kappa shape index (κ1) is 15.0. The van der Waals surface area contributed by atoms with Crippen LogP contribution in [0.1, 0.15) is 60.3 Å². The van der Waals surface area contributed by atoms with Gasteiger partial charge in [-0.1, -0.05) is 34.6 Å². The summed E-state index contributed by atoms with van der Waals surface area (Å²) in [5, 5.41) is 0. The smallest absolute Gasteiger partial charge is 0.0339 e. The summed E-state index contributed by atoms with van der Waals surface area (Å²) in [7, 11) is 0. The molecule has 0 aliphatic heterocycles. The molecule has 2 heteroatoms. The molecule has 0 radical (unpaired) electrons. The van der Waals surface area contributed by atoms with Crippen molar-refractivity contribution in [2.45, 2.75) is 71.9 Å². The van der Waals surface area contributed by atoms with Crippen molar-refractivity contribution in [2.24, 2.45) is 17.6 Å². The van der Waals surface area contributed by atoms with Gasteiger partial charge in [0.25, 0.3) is 0 Å². The molecule has 1 fully saturated rings. The van der Waals surface area contributed by atoms with Gasteiger partial charge in [-0.2, -0.15) is 0 Å². The van der Waals surface area contributed by atoms with Gasteiger partial charge in [0.15, 0.2) is 0 Å². The minimum absolute atomic E-state index is 0.320. The Morgan fingerprint density at radius 3 is 2.06 bits per heavy atom. The minimum atomic E-state index is 0.320. The first-order chi connectivity index (χ1) is 7.99. The zero-order valence-electron chi connectivity index (χ0n) is 12.5. The van der Waals surface area contributed by atoms with Gasteiger partial charge in [-0.15, -0.1) is 0 Å². The quantitative estimate of drug-likeness (QED) is 0.740. The summed E-state index contributed by atoms with van der Waals surface area (Å²) in [6.07, 6.45) is 5.10. The molecule has 0 saturated heterocycles. The van der Waals surface area contributed by atoms with E-state index in [1.165, 1.54) is 32.2 Å². The molecule has 0 unspecified atom stereocenters. The van der Waals surface area contributed by atoms with E-state index in [0.29, 0.717) is 11.6 Å². The van der Waals surface area contributed by atoms with Crippen LogP contribution < -0.4 is 5.73 Å². The molecule has 1 rings (SSSR count). The third kappa shape index (κ3) is 3.23. The lowest BCUT2D eigenvalue weighted by molar-refractivity contribution is -0.0499. The average molecular weight is 240 g/mol. The van der Waals surface area contributed by atoms with Crippen LogP contribution in [0.25, 0.3) is 0 Å². The molecule has 1 aliphatic rings. The van der Waals surface area contributed by atoms with E-state index in [0.717, 1.165) is 18.4 Å². The Morgan fingerprint density at radius 1 is 1.24 bits per heavy atom. The molecule has 0 aromatic rings. The van der Waals surface area contributed by atoms with E-state index in [2.05, 4.69) is 39.5 Å². The van der Waals surface area contributed by atoms with Gasteiger partial charge in [0, 0.05) is 24.7 Å². The predicted molar refractivity (Wildman–Crippen MR) is 76.1 cm³/mol. The Kier molecular flexibility index (Phi) is 5.46. The maximum atomic E-state index is 6.11. The molecule has 0 bridgehead atoms. The van der Waals surface area contributed by atoms with E-state index in [9.17, 15) is 0 Å². The first-order valence-electron chi connectivity index (χ1n) is 7.45. The average Bonchev–Trinajstić information content (AvgIpc) is 2.24. The third-order valence-electron chi connectivity index (χ3n) is 4.39. The van der Waals surface area contributed by atoms with Crippen LogP contribution in [0.2, 0.25) is 0 Å². The summed E-state index contributed by atoms with van der Waals surface area (Å²) in [5.41, 5.74) is 6.43. The summed E-state index contributed by atoms with van der Waals surface area (Å²) in [5.74, 6) is 1.59. The van der Waals surface area contributed by atoms with E-state index in [-0.39, 0.29) is 0 Å². The molecule has 0 spiro atoms. The molecule has 0 aromatic carbocycles. The Labute approximate surface area is 108 Å². The van der Waals surface area contributed by atoms with Crippen LogP contribution in [0.5, 0.6) is 0 Å². The molecule has 17 heavy (non-hydrogen) atoms. The fraction of sp³-hybridized carbons (Fsp3) is 1.00. The fourth-order valence-electron chi connectivity index (χ4n) is 3.61. The van der Waals surface area contributed by atoms with Crippen molar-refractivity contribution in [2.75, 3.05) is 13.1 Å². The molecule has 1 saturated carbocycles. The number of rotatable bonds is 7. The highest BCUT2D eigenvalue weighted by Crippen LogP contribution is 2.43. The van der Waals surface area contributed by atoms with Crippen molar-refractivity contribution in [3.05, 3.63) is 0 Å². The van der Waals surface area contributed by atoms with Crippen LogP contribution in [0, 0.1) is 11.8 Å². The number of hydrogen-bond acceptors (Lipinski definition) is 2. The Morgan fingerprint density at radius 2 is 1.76 bits per heavy atom. The van der Waals surface area contributed by atoms with Crippen molar-refractivity contribution in [3.63, 3.8) is 0 Å². The van der Waals surface area contributed by atoms with Crippen LogP contribution in [0.4, 0.5) is 0 Å². The van der Waals surface area contributed by atoms with Gasteiger partial charge in [0.2, 0.25) is 0 Å². The lowest BCUT2D eigenvalue weighted by Gasteiger charge is -2.56. The monoisotopic (exact) mass is 240 g/mol. The van der Waals surface area contributed by atoms with Gasteiger partial charge in [-0.25, -0.2) is 0 Å². The molecule has 0 amide bonds. The Hall–Kier alpha value is -0.0800. The minimum Gasteiger partial charge on any atom is -0.329 e. The summed E-state index contributed by atoms with van der Waals surface area (Å²) < 4.78 is 0. The maximum absolute atomic E-state index is 6.11. The van der Waals surface area contributed by atoms with Gasteiger partial charge in [-0.3, -0.25) is 4.90 Å². The largest absolute Gasteiger partial charge is 0.329 e. The SMILES string of the molecule is CCC(CC)N(CC(C)C)C1(CN)CC(C)C1. The van der Waals surface area contributed by atoms with E-state index in [1.54, 1.807) is 0 Å². The zero-order chi connectivity index (χ0) is 13.1. The summed E-state index contributed by atoms with van der Waals surface area (Å²) in [6, 6.07) is 0.716. The molecular weight excluding hydrogens is 208 g/mol. The summed E-state index contributed by atoms with van der Waals surface area (Å²) in [6.45, 7) is 13.7. The van der Waals surface area contributed by atoms with Gasteiger partial charge in [0.1, 0.15) is 0 Å². The number of hydrogen-bond donors (Lipinski definition) is 1. The molecule has 2 N–H and O–H groups in total. The van der Waals surface area contributed by atoms with Crippen LogP contribution >= 0.6 is 0 Å². The van der Waals surface area contributed by atoms with Crippen molar-refractivity contribution in [1.29, 1.82) is 0 Å². The second-order valence-corrected chi connectivity index (χ2v) is 6.46. The second kappa shape index (κ2) is 6.19. The van der Waals surface area contributed by atoms with Crippen LogP contribution in [0.15, 0.2) is 0 Å². The van der Waals surface area contributed by atoms with Gasteiger partial charge >= 0.3 is 0 Å². The highest BCUT2D eigenvalue weighted by atomic mass is 15.2. The van der Waals surface area contributed by atoms with Gasteiger partial charge < -0.3 is 5.73 Å². The summed E-state index contributed by atoms with van der Waals surface area (Å²) in [4.78, 5) is 2.75. The number of nitrogens with zero attached hydrogens (tertiary/aromatic N) is 1. The van der Waals surface area contributed by atoms with E-state index in [1.807, 2.05) is 0 Å². The van der Waals surface area contributed by atoms with Crippen molar-refractivity contribution >= 4 is 0 Å². The third-order valence-corrected chi connectivity index (χ3v) is 4.39. The second-order valence-electron chi connectivity index (χ2n) is 6.46. The van der Waals surface area contributed by atoms with Crippen LogP contribution in [-0.2, 0) is 0 Å². The molecular formula is C15H32N2. The normalized spacial score (nSPS) is 29.1. The van der Waals surface area contributed by atoms with Gasteiger partial charge in [-0.05, 0) is 37.5 Å². The fourth-order valence-corrected chi connectivity index (χ4v) is 3.61. The van der Waals surface area contributed by atoms with E-state index >= 15 is 0 Å².